The number of hydrogen-bond donors (Lipinski definition) is 0. The first-order valence-corrected chi connectivity index (χ1v) is 7.86. The monoisotopic (exact) mass is 308 g/mol. The molecule has 5 heteroatoms. The molecular weight excluding hydrogens is 284 g/mol. The molecule has 0 aromatic heterocycles. The van der Waals surface area contributed by atoms with Crippen LogP contribution >= 0.6 is 0 Å². The number of Topliss-reactive ketones (excluding diaryl/α,β-unsaturated/α-hetero) is 1. The number of ketones is 1. The van der Waals surface area contributed by atoms with Crippen LogP contribution in [0, 0.1) is 17.8 Å². The fourth-order valence-electron chi connectivity index (χ4n) is 3.52. The van der Waals surface area contributed by atoms with Crippen LogP contribution < -0.4 is 0 Å². The normalized spacial score (nSPS) is 32.4. The molecule has 1 heterocycles. The van der Waals surface area contributed by atoms with E-state index in [1.54, 1.807) is 0 Å². The summed E-state index contributed by atoms with van der Waals surface area (Å²) in [5.41, 5.74) is 0.975. The molecule has 1 saturated heterocycles. The molecule has 5 atom stereocenters. The molecule has 0 N–H and O–H groups in total. The van der Waals surface area contributed by atoms with Crippen molar-refractivity contribution in [1.29, 1.82) is 0 Å². The topological polar surface area (TPSA) is 69.7 Å². The predicted molar refractivity (Wildman–Crippen MR) is 79.9 cm³/mol. The number of rotatable bonds is 4. The molecule has 1 aliphatic carbocycles. The van der Waals surface area contributed by atoms with Crippen LogP contribution in [-0.2, 0) is 23.9 Å². The molecule has 0 bridgehead atoms. The van der Waals surface area contributed by atoms with Gasteiger partial charge < -0.3 is 9.47 Å². The highest BCUT2D eigenvalue weighted by molar-refractivity contribution is 5.77. The van der Waals surface area contributed by atoms with Gasteiger partial charge in [-0.15, -0.1) is 0 Å². The van der Waals surface area contributed by atoms with E-state index in [0.717, 1.165) is 5.57 Å². The largest absolute Gasteiger partial charge is 0.462 e. The zero-order valence-electron chi connectivity index (χ0n) is 13.6. The van der Waals surface area contributed by atoms with Gasteiger partial charge in [-0.05, 0) is 31.3 Å². The lowest BCUT2D eigenvalue weighted by Crippen LogP contribution is -2.26. The van der Waals surface area contributed by atoms with Crippen LogP contribution in [0.25, 0.3) is 0 Å². The van der Waals surface area contributed by atoms with Gasteiger partial charge in [0, 0.05) is 19.3 Å². The Labute approximate surface area is 131 Å². The highest BCUT2D eigenvalue weighted by atomic mass is 16.6. The highest BCUT2D eigenvalue weighted by Gasteiger charge is 2.44. The maximum atomic E-state index is 11.7. The number of fused-ring (bicyclic) bond motifs is 1. The van der Waals surface area contributed by atoms with Crippen molar-refractivity contribution in [3.8, 4) is 0 Å². The minimum atomic E-state index is -0.505. The van der Waals surface area contributed by atoms with Crippen LogP contribution in [-0.4, -0.2) is 29.9 Å². The Morgan fingerprint density at radius 2 is 2.05 bits per heavy atom. The molecular formula is C17H24O5. The lowest BCUT2D eigenvalue weighted by Gasteiger charge is -2.24. The SMILES string of the molecule is CC(=O)C[C@H](OC(C)=O)C1=CC[C@@H]2[C@H](C)C(=O)O[C@@H]2C[C@@H]1C. The second-order valence-electron chi connectivity index (χ2n) is 6.51. The standard InChI is InChI=1S/C17H24O5/c1-9-7-15-14(11(3)17(20)22-15)6-5-13(9)16(8-10(2)18)21-12(4)19/h5,9,11,14-16H,6-8H2,1-4H3/t9-,11-,14+,15+,16-/m0/s1. The Morgan fingerprint density at radius 1 is 1.36 bits per heavy atom. The summed E-state index contributed by atoms with van der Waals surface area (Å²) in [5.74, 6) is -0.348. The molecule has 0 unspecified atom stereocenters. The molecule has 0 saturated carbocycles. The molecule has 0 spiro atoms. The van der Waals surface area contributed by atoms with Crippen LogP contribution in [0.5, 0.6) is 0 Å². The number of carbonyl (C=O) groups is 3. The number of hydrogen-bond acceptors (Lipinski definition) is 5. The third-order valence-corrected chi connectivity index (χ3v) is 4.69. The molecule has 122 valence electrons. The van der Waals surface area contributed by atoms with E-state index in [0.29, 0.717) is 12.8 Å². The Balaban J connectivity index is 2.21. The van der Waals surface area contributed by atoms with E-state index in [9.17, 15) is 14.4 Å². The van der Waals surface area contributed by atoms with E-state index in [2.05, 4.69) is 0 Å². The van der Waals surface area contributed by atoms with Crippen LogP contribution in [0.1, 0.15) is 47.0 Å². The van der Waals surface area contributed by atoms with Gasteiger partial charge in [0.15, 0.2) is 0 Å². The quantitative estimate of drug-likeness (QED) is 0.589. The van der Waals surface area contributed by atoms with E-state index >= 15 is 0 Å². The Bertz CT molecular complexity index is 491. The van der Waals surface area contributed by atoms with Crippen molar-refractivity contribution in [2.24, 2.45) is 17.8 Å². The summed E-state index contributed by atoms with van der Waals surface area (Å²) in [7, 11) is 0. The average Bonchev–Trinajstić information content (AvgIpc) is 2.56. The van der Waals surface area contributed by atoms with Crippen molar-refractivity contribution in [1.82, 2.24) is 0 Å². The van der Waals surface area contributed by atoms with Crippen molar-refractivity contribution in [2.45, 2.75) is 59.2 Å². The van der Waals surface area contributed by atoms with Gasteiger partial charge in [0.25, 0.3) is 0 Å². The smallest absolute Gasteiger partial charge is 0.309 e. The van der Waals surface area contributed by atoms with Gasteiger partial charge in [-0.2, -0.15) is 0 Å². The van der Waals surface area contributed by atoms with Crippen LogP contribution in [0.15, 0.2) is 11.6 Å². The zero-order chi connectivity index (χ0) is 16.4. The van der Waals surface area contributed by atoms with Gasteiger partial charge in [-0.25, -0.2) is 0 Å². The van der Waals surface area contributed by atoms with E-state index in [1.807, 2.05) is 19.9 Å². The summed E-state index contributed by atoms with van der Waals surface area (Å²) in [4.78, 5) is 34.5. The van der Waals surface area contributed by atoms with Gasteiger partial charge in [0.1, 0.15) is 18.0 Å². The average molecular weight is 308 g/mol. The molecule has 5 nitrogen and oxygen atoms in total. The van der Waals surface area contributed by atoms with E-state index in [4.69, 9.17) is 9.47 Å². The van der Waals surface area contributed by atoms with Gasteiger partial charge in [-0.3, -0.25) is 14.4 Å². The van der Waals surface area contributed by atoms with Crippen molar-refractivity contribution < 1.29 is 23.9 Å². The van der Waals surface area contributed by atoms with Crippen LogP contribution in [0.4, 0.5) is 0 Å². The maximum absolute atomic E-state index is 11.7. The van der Waals surface area contributed by atoms with Crippen molar-refractivity contribution in [2.75, 3.05) is 0 Å². The summed E-state index contributed by atoms with van der Waals surface area (Å²) < 4.78 is 10.8. The fraction of sp³-hybridized carbons (Fsp3) is 0.706. The molecule has 0 aromatic carbocycles. The fourth-order valence-corrected chi connectivity index (χ4v) is 3.52. The minimum absolute atomic E-state index is 0.0106. The van der Waals surface area contributed by atoms with Crippen LogP contribution in [0.3, 0.4) is 0 Å². The molecule has 0 amide bonds. The predicted octanol–water partition coefficient (Wildman–Crippen LogP) is 2.43. The minimum Gasteiger partial charge on any atom is -0.462 e. The maximum Gasteiger partial charge on any atom is 0.309 e. The summed E-state index contributed by atoms with van der Waals surface area (Å²) in [5, 5.41) is 0. The lowest BCUT2D eigenvalue weighted by atomic mass is 9.87. The van der Waals surface area contributed by atoms with Gasteiger partial charge >= 0.3 is 11.9 Å². The third kappa shape index (κ3) is 3.57. The van der Waals surface area contributed by atoms with Crippen molar-refractivity contribution in [3.05, 3.63) is 11.6 Å². The zero-order valence-corrected chi connectivity index (χ0v) is 13.6. The third-order valence-electron chi connectivity index (χ3n) is 4.69. The number of allylic oxidation sites excluding steroid dienone is 1. The molecule has 1 fully saturated rings. The summed E-state index contributed by atoms with van der Waals surface area (Å²) >= 11 is 0. The number of ether oxygens (including phenoxy) is 2. The van der Waals surface area contributed by atoms with Crippen molar-refractivity contribution >= 4 is 17.7 Å². The summed E-state index contributed by atoms with van der Waals surface area (Å²) in [6, 6.07) is 0. The van der Waals surface area contributed by atoms with E-state index < -0.39 is 6.10 Å². The molecule has 2 rings (SSSR count). The van der Waals surface area contributed by atoms with E-state index in [1.165, 1.54) is 13.8 Å². The Hall–Kier alpha value is -1.65. The molecule has 0 radical (unpaired) electrons. The number of esters is 2. The molecule has 1 aliphatic heterocycles. The van der Waals surface area contributed by atoms with Crippen LogP contribution in [0.2, 0.25) is 0 Å². The van der Waals surface area contributed by atoms with Gasteiger partial charge in [-0.1, -0.05) is 19.9 Å². The first-order chi connectivity index (χ1) is 10.3. The number of carbonyl (C=O) groups excluding carboxylic acids is 3. The Morgan fingerprint density at radius 3 is 2.64 bits per heavy atom. The summed E-state index contributed by atoms with van der Waals surface area (Å²) in [6.07, 6.45) is 3.08. The second-order valence-corrected chi connectivity index (χ2v) is 6.51. The molecule has 2 aliphatic rings. The molecule has 0 aromatic rings. The van der Waals surface area contributed by atoms with E-state index in [-0.39, 0.29) is 48.0 Å². The van der Waals surface area contributed by atoms with Gasteiger partial charge in [0.05, 0.1) is 5.92 Å². The summed E-state index contributed by atoms with van der Waals surface area (Å²) in [6.45, 7) is 6.78. The van der Waals surface area contributed by atoms with Crippen molar-refractivity contribution in [3.63, 3.8) is 0 Å². The van der Waals surface area contributed by atoms with Gasteiger partial charge in [0.2, 0.25) is 0 Å². The molecule has 22 heavy (non-hydrogen) atoms. The Kier molecular flexibility index (Phi) is 5.04. The lowest BCUT2D eigenvalue weighted by molar-refractivity contribution is -0.145. The highest BCUT2D eigenvalue weighted by Crippen LogP contribution is 2.40. The first-order valence-electron chi connectivity index (χ1n) is 7.86. The second kappa shape index (κ2) is 6.63. The first kappa shape index (κ1) is 16.7.